The summed E-state index contributed by atoms with van der Waals surface area (Å²) in [6.45, 7) is 11.2. The van der Waals surface area contributed by atoms with Gasteiger partial charge < -0.3 is 5.32 Å². The van der Waals surface area contributed by atoms with Crippen LogP contribution in [0.3, 0.4) is 0 Å². The second-order valence-electron chi connectivity index (χ2n) is 9.36. The first-order valence-electron chi connectivity index (χ1n) is 11.3. The summed E-state index contributed by atoms with van der Waals surface area (Å²) in [6, 6.07) is 26.0. The Kier molecular flexibility index (Phi) is 6.48. The van der Waals surface area contributed by atoms with E-state index in [0.29, 0.717) is 0 Å². The summed E-state index contributed by atoms with van der Waals surface area (Å²) in [5, 5.41) is 7.14. The number of aryl methyl sites for hydroxylation is 2. The van der Waals surface area contributed by atoms with E-state index < -0.39 is 0 Å². The molecule has 4 aromatic rings. The number of hydrogen-bond donors (Lipinski definition) is 1. The Morgan fingerprint density at radius 2 is 1.62 bits per heavy atom. The number of anilines is 1. The zero-order valence-electron chi connectivity index (χ0n) is 19.6. The number of rotatable bonds is 6. The van der Waals surface area contributed by atoms with E-state index in [0.717, 1.165) is 17.1 Å². The van der Waals surface area contributed by atoms with E-state index >= 15 is 0 Å². The fourth-order valence-electron chi connectivity index (χ4n) is 4.03. The Balaban J connectivity index is 1.75. The number of aromatic nitrogens is 1. The van der Waals surface area contributed by atoms with Gasteiger partial charge in [0, 0.05) is 16.6 Å². The predicted molar refractivity (Wildman–Crippen MR) is 139 cm³/mol. The van der Waals surface area contributed by atoms with Crippen molar-refractivity contribution >= 4 is 17.0 Å². The largest absolute Gasteiger partial charge is 0.372 e. The van der Waals surface area contributed by atoms with Crippen molar-refractivity contribution in [1.29, 1.82) is 0 Å². The van der Waals surface area contributed by atoms with Crippen molar-refractivity contribution in [2.75, 3.05) is 5.32 Å². The fourth-order valence-corrected chi connectivity index (χ4v) is 4.93. The van der Waals surface area contributed by atoms with Gasteiger partial charge >= 0.3 is 0 Å². The van der Waals surface area contributed by atoms with Gasteiger partial charge in [-0.25, -0.2) is 4.98 Å². The molecule has 0 radical (unpaired) electrons. The van der Waals surface area contributed by atoms with E-state index in [-0.39, 0.29) is 11.5 Å². The van der Waals surface area contributed by atoms with Gasteiger partial charge in [0.2, 0.25) is 0 Å². The van der Waals surface area contributed by atoms with Crippen LogP contribution in [0.2, 0.25) is 0 Å². The first kappa shape index (κ1) is 22.3. The molecule has 1 N–H and O–H groups in total. The maximum Gasteiger partial charge on any atom is 0.120 e. The molecule has 0 amide bonds. The van der Waals surface area contributed by atoms with Crippen LogP contribution >= 0.6 is 11.3 Å². The molecule has 0 aliphatic rings. The molecule has 1 heterocycles. The van der Waals surface area contributed by atoms with Crippen LogP contribution in [0.4, 0.5) is 5.69 Å². The highest BCUT2D eigenvalue weighted by atomic mass is 32.1. The van der Waals surface area contributed by atoms with Gasteiger partial charge in [-0.2, -0.15) is 0 Å². The predicted octanol–water partition coefficient (Wildman–Crippen LogP) is 8.18. The Hall–Kier alpha value is -2.91. The Morgan fingerprint density at radius 3 is 2.28 bits per heavy atom. The Bertz CT molecular complexity index is 1170. The highest BCUT2D eigenvalue weighted by Gasteiger charge is 2.24. The third kappa shape index (κ3) is 4.78. The summed E-state index contributed by atoms with van der Waals surface area (Å²) in [5.74, 6) is 0. The van der Waals surface area contributed by atoms with Crippen molar-refractivity contribution in [3.8, 4) is 11.3 Å². The van der Waals surface area contributed by atoms with Crippen molar-refractivity contribution in [2.45, 2.75) is 52.5 Å². The van der Waals surface area contributed by atoms with Crippen LogP contribution in [0.25, 0.3) is 11.3 Å². The highest BCUT2D eigenvalue weighted by Crippen LogP contribution is 2.37. The number of para-hydroxylation sites is 1. The van der Waals surface area contributed by atoms with Gasteiger partial charge in [-0.1, -0.05) is 100 Å². The summed E-state index contributed by atoms with van der Waals surface area (Å²) in [4.78, 5) is 5.09. The van der Waals surface area contributed by atoms with E-state index in [1.54, 1.807) is 11.3 Å². The molecular formula is C29H32N2S. The molecule has 0 fully saturated rings. The minimum Gasteiger partial charge on any atom is -0.372 e. The molecule has 0 saturated carbocycles. The third-order valence-electron chi connectivity index (χ3n) is 5.93. The van der Waals surface area contributed by atoms with Crippen LogP contribution in [0.15, 0.2) is 78.2 Å². The second kappa shape index (κ2) is 9.30. The van der Waals surface area contributed by atoms with Gasteiger partial charge in [0.05, 0.1) is 5.69 Å². The summed E-state index contributed by atoms with van der Waals surface area (Å²) >= 11 is 1.72. The van der Waals surface area contributed by atoms with Crippen LogP contribution in [0, 0.1) is 6.92 Å². The number of benzene rings is 3. The maximum atomic E-state index is 5.09. The maximum absolute atomic E-state index is 5.09. The molecule has 1 unspecified atom stereocenters. The van der Waals surface area contributed by atoms with Crippen LogP contribution in [-0.4, -0.2) is 4.98 Å². The molecule has 2 nitrogen and oxygen atoms in total. The van der Waals surface area contributed by atoms with E-state index in [9.17, 15) is 0 Å². The van der Waals surface area contributed by atoms with Gasteiger partial charge in [-0.3, -0.25) is 0 Å². The summed E-state index contributed by atoms with van der Waals surface area (Å²) in [5.41, 5.74) is 8.61. The average Bonchev–Trinajstić information content (AvgIpc) is 3.28. The van der Waals surface area contributed by atoms with Crippen molar-refractivity contribution in [3.63, 3.8) is 0 Å². The zero-order chi connectivity index (χ0) is 22.7. The standard InChI is InChI=1S/C29H32N2S/c1-6-21-15-17-22(18-16-21)25-19-32-28(30-25)27(23-12-8-7-9-13-23)31-26-20(2)11-10-14-24(26)29(3,4)5/h7-19,27,31H,6H2,1-5H3. The van der Waals surface area contributed by atoms with Crippen molar-refractivity contribution < 1.29 is 0 Å². The number of thiazole rings is 1. The van der Waals surface area contributed by atoms with Gasteiger partial charge in [0.25, 0.3) is 0 Å². The van der Waals surface area contributed by atoms with Gasteiger partial charge in [0.1, 0.15) is 11.0 Å². The lowest BCUT2D eigenvalue weighted by atomic mass is 9.84. The molecule has 1 atom stereocenters. The summed E-state index contributed by atoms with van der Waals surface area (Å²) < 4.78 is 0. The van der Waals surface area contributed by atoms with Crippen LogP contribution in [0.1, 0.15) is 61.0 Å². The first-order valence-corrected chi connectivity index (χ1v) is 12.2. The van der Waals surface area contributed by atoms with Gasteiger partial charge in [-0.15, -0.1) is 11.3 Å². The SMILES string of the molecule is CCc1ccc(-c2csc(C(Nc3c(C)cccc3C(C)(C)C)c3ccccc3)n2)cc1. The minimum atomic E-state index is -0.00735. The van der Waals surface area contributed by atoms with Crippen LogP contribution in [0.5, 0.6) is 0 Å². The second-order valence-corrected chi connectivity index (χ2v) is 10.2. The van der Waals surface area contributed by atoms with Crippen molar-refractivity contribution in [3.05, 3.63) is 105 Å². The molecule has 164 valence electrons. The molecule has 0 spiro atoms. The quantitative estimate of drug-likeness (QED) is 0.327. The topological polar surface area (TPSA) is 24.9 Å². The smallest absolute Gasteiger partial charge is 0.120 e. The lowest BCUT2D eigenvalue weighted by molar-refractivity contribution is 0.590. The number of nitrogens with zero attached hydrogens (tertiary/aromatic N) is 1. The first-order chi connectivity index (χ1) is 15.4. The molecule has 3 aromatic carbocycles. The average molecular weight is 441 g/mol. The molecule has 0 aliphatic heterocycles. The molecule has 4 rings (SSSR count). The summed E-state index contributed by atoms with van der Waals surface area (Å²) in [7, 11) is 0. The molecule has 0 bridgehead atoms. The Morgan fingerprint density at radius 1 is 0.906 bits per heavy atom. The molecule has 3 heteroatoms. The third-order valence-corrected chi connectivity index (χ3v) is 6.84. The van der Waals surface area contributed by atoms with Gasteiger partial charge in [0.15, 0.2) is 0 Å². The molecule has 1 aromatic heterocycles. The summed E-state index contributed by atoms with van der Waals surface area (Å²) in [6.07, 6.45) is 1.05. The lowest BCUT2D eigenvalue weighted by Crippen LogP contribution is -2.19. The monoisotopic (exact) mass is 440 g/mol. The van der Waals surface area contributed by atoms with Crippen molar-refractivity contribution in [1.82, 2.24) is 4.98 Å². The van der Waals surface area contributed by atoms with Crippen LogP contribution in [-0.2, 0) is 11.8 Å². The van der Waals surface area contributed by atoms with E-state index in [4.69, 9.17) is 4.98 Å². The highest BCUT2D eigenvalue weighted by molar-refractivity contribution is 7.10. The zero-order valence-corrected chi connectivity index (χ0v) is 20.5. The van der Waals surface area contributed by atoms with E-state index in [1.807, 2.05) is 0 Å². The molecular weight excluding hydrogens is 408 g/mol. The lowest BCUT2D eigenvalue weighted by Gasteiger charge is -2.28. The van der Waals surface area contributed by atoms with E-state index in [1.165, 1.54) is 33.5 Å². The fraction of sp³-hybridized carbons (Fsp3) is 0.276. The normalized spacial score (nSPS) is 12.5. The molecule has 0 saturated heterocycles. The minimum absolute atomic E-state index is 0.00735. The van der Waals surface area contributed by atoms with E-state index in [2.05, 4.69) is 118 Å². The van der Waals surface area contributed by atoms with Crippen molar-refractivity contribution in [2.24, 2.45) is 0 Å². The number of nitrogens with one attached hydrogen (secondary N) is 1. The Labute approximate surface area is 196 Å². The number of hydrogen-bond acceptors (Lipinski definition) is 3. The molecule has 0 aliphatic carbocycles. The van der Waals surface area contributed by atoms with Gasteiger partial charge in [-0.05, 0) is 41.0 Å². The van der Waals surface area contributed by atoms with Crippen LogP contribution < -0.4 is 5.32 Å². The molecule has 32 heavy (non-hydrogen) atoms.